The molecule has 0 radical (unpaired) electrons. The zero-order valence-electron chi connectivity index (χ0n) is 15.5. The van der Waals surface area contributed by atoms with Crippen LogP contribution in [0.15, 0.2) is 4.99 Å². The summed E-state index contributed by atoms with van der Waals surface area (Å²) in [6.45, 7) is 7.12. The molecule has 142 valence electrons. The fourth-order valence-corrected chi connectivity index (χ4v) is 2.53. The first-order valence-electron chi connectivity index (χ1n) is 8.53. The predicted molar refractivity (Wildman–Crippen MR) is 109 cm³/mol. The quantitative estimate of drug-likeness (QED) is 0.245. The van der Waals surface area contributed by atoms with Gasteiger partial charge < -0.3 is 25.2 Å². The second-order valence-corrected chi connectivity index (χ2v) is 6.09. The number of rotatable bonds is 8. The van der Waals surface area contributed by atoms with Crippen molar-refractivity contribution in [3.05, 3.63) is 0 Å². The van der Waals surface area contributed by atoms with E-state index in [0.29, 0.717) is 6.04 Å². The summed E-state index contributed by atoms with van der Waals surface area (Å²) in [5.74, 6) is 0.746. The molecular formula is C16H34IN5O2. The van der Waals surface area contributed by atoms with E-state index >= 15 is 0 Å². The number of ether oxygens (including phenoxy) is 1. The van der Waals surface area contributed by atoms with Crippen LogP contribution in [0.4, 0.5) is 0 Å². The topological polar surface area (TPSA) is 69.2 Å². The fourth-order valence-electron chi connectivity index (χ4n) is 2.53. The number of hydrogen-bond acceptors (Lipinski definition) is 4. The first-order valence-corrected chi connectivity index (χ1v) is 8.53. The van der Waals surface area contributed by atoms with Crippen molar-refractivity contribution in [2.24, 2.45) is 4.99 Å². The van der Waals surface area contributed by atoms with Gasteiger partial charge in [-0.3, -0.25) is 4.79 Å². The molecule has 0 spiro atoms. The van der Waals surface area contributed by atoms with Gasteiger partial charge in [0.25, 0.3) is 0 Å². The highest BCUT2D eigenvalue weighted by atomic mass is 127. The summed E-state index contributed by atoms with van der Waals surface area (Å²) in [4.78, 5) is 20.1. The second kappa shape index (κ2) is 13.7. The Morgan fingerprint density at radius 2 is 2.00 bits per heavy atom. The third-order valence-electron chi connectivity index (χ3n) is 3.97. The van der Waals surface area contributed by atoms with E-state index < -0.39 is 0 Å². The minimum atomic E-state index is 0. The van der Waals surface area contributed by atoms with Crippen molar-refractivity contribution >= 4 is 35.8 Å². The molecule has 1 aliphatic heterocycles. The molecule has 1 aliphatic rings. The molecule has 1 amide bonds. The van der Waals surface area contributed by atoms with Crippen LogP contribution in [-0.2, 0) is 9.53 Å². The molecule has 24 heavy (non-hydrogen) atoms. The number of likely N-dealkylation sites (tertiary alicyclic amines) is 1. The number of carbonyl (C=O) groups excluding carboxylic acids is 1. The van der Waals surface area contributed by atoms with Crippen molar-refractivity contribution in [1.29, 1.82) is 0 Å². The van der Waals surface area contributed by atoms with Crippen molar-refractivity contribution in [3.63, 3.8) is 0 Å². The third-order valence-corrected chi connectivity index (χ3v) is 3.97. The molecule has 1 heterocycles. The summed E-state index contributed by atoms with van der Waals surface area (Å²) in [7, 11) is 5.24. The molecule has 1 fully saturated rings. The van der Waals surface area contributed by atoms with Crippen LogP contribution in [0.3, 0.4) is 0 Å². The maximum absolute atomic E-state index is 11.7. The first kappa shape index (κ1) is 23.4. The molecule has 2 N–H and O–H groups in total. The van der Waals surface area contributed by atoms with Gasteiger partial charge in [0.15, 0.2) is 5.96 Å². The molecule has 0 unspecified atom stereocenters. The monoisotopic (exact) mass is 455 g/mol. The van der Waals surface area contributed by atoms with Crippen LogP contribution in [-0.4, -0.2) is 88.2 Å². The van der Waals surface area contributed by atoms with E-state index in [1.54, 1.807) is 26.1 Å². The number of nitrogens with one attached hydrogen (secondary N) is 2. The van der Waals surface area contributed by atoms with E-state index in [9.17, 15) is 4.79 Å². The van der Waals surface area contributed by atoms with Crippen LogP contribution >= 0.6 is 24.0 Å². The lowest BCUT2D eigenvalue weighted by Gasteiger charge is -2.33. The van der Waals surface area contributed by atoms with Crippen LogP contribution in [0.2, 0.25) is 0 Å². The predicted octanol–water partition coefficient (Wildman–Crippen LogP) is 0.749. The smallest absolute Gasteiger partial charge is 0.243 e. The van der Waals surface area contributed by atoms with Crippen molar-refractivity contribution in [2.75, 3.05) is 60.5 Å². The van der Waals surface area contributed by atoms with Gasteiger partial charge in [-0.05, 0) is 26.2 Å². The minimum absolute atomic E-state index is 0. The van der Waals surface area contributed by atoms with E-state index in [1.165, 1.54) is 0 Å². The van der Waals surface area contributed by atoms with Crippen molar-refractivity contribution in [2.45, 2.75) is 32.2 Å². The Hall–Kier alpha value is -0.610. The molecular weight excluding hydrogens is 421 g/mol. The zero-order valence-corrected chi connectivity index (χ0v) is 17.8. The van der Waals surface area contributed by atoms with E-state index in [1.807, 2.05) is 6.92 Å². The van der Waals surface area contributed by atoms with E-state index in [2.05, 4.69) is 20.5 Å². The Morgan fingerprint density at radius 1 is 1.33 bits per heavy atom. The Labute approximate surface area is 163 Å². The Morgan fingerprint density at radius 3 is 2.54 bits per heavy atom. The van der Waals surface area contributed by atoms with Gasteiger partial charge in [0, 0.05) is 60.0 Å². The van der Waals surface area contributed by atoms with Gasteiger partial charge in [-0.25, -0.2) is 4.99 Å². The highest BCUT2D eigenvalue weighted by Crippen LogP contribution is 2.10. The maximum Gasteiger partial charge on any atom is 0.243 e. The van der Waals surface area contributed by atoms with E-state index in [-0.39, 0.29) is 36.4 Å². The van der Waals surface area contributed by atoms with Crippen molar-refractivity contribution in [3.8, 4) is 0 Å². The number of carbonyl (C=O) groups is 1. The first-order chi connectivity index (χ1) is 11.1. The van der Waals surface area contributed by atoms with Gasteiger partial charge >= 0.3 is 0 Å². The standard InChI is InChI=1S/C16H33N5O2.HI/c1-5-17-16(18-13-15(22)20(2)3)19-14-7-10-21(11-8-14)9-6-12-23-4;/h14H,5-13H2,1-4H3,(H2,17,18,19);1H. The highest BCUT2D eigenvalue weighted by Gasteiger charge is 2.19. The molecule has 0 bridgehead atoms. The number of halogens is 1. The van der Waals surface area contributed by atoms with Gasteiger partial charge in [0.05, 0.1) is 0 Å². The maximum atomic E-state index is 11.7. The molecule has 0 saturated carbocycles. The summed E-state index contributed by atoms with van der Waals surface area (Å²) in [5.41, 5.74) is 0. The minimum Gasteiger partial charge on any atom is -0.385 e. The average molecular weight is 455 g/mol. The van der Waals surface area contributed by atoms with Crippen LogP contribution < -0.4 is 10.6 Å². The summed E-state index contributed by atoms with van der Waals surface area (Å²) < 4.78 is 5.10. The van der Waals surface area contributed by atoms with Gasteiger partial charge in [-0.15, -0.1) is 24.0 Å². The van der Waals surface area contributed by atoms with E-state index in [0.717, 1.165) is 58.0 Å². The molecule has 7 nitrogen and oxygen atoms in total. The van der Waals surface area contributed by atoms with Crippen molar-refractivity contribution < 1.29 is 9.53 Å². The van der Waals surface area contributed by atoms with Crippen LogP contribution in [0.1, 0.15) is 26.2 Å². The third kappa shape index (κ3) is 9.63. The number of aliphatic imine (C=N–C) groups is 1. The summed E-state index contributed by atoms with van der Waals surface area (Å²) in [5, 5.41) is 6.67. The number of methoxy groups -OCH3 is 1. The molecule has 0 aromatic carbocycles. The molecule has 0 aliphatic carbocycles. The normalized spacial score (nSPS) is 16.4. The van der Waals surface area contributed by atoms with Gasteiger partial charge in [0.1, 0.15) is 6.54 Å². The van der Waals surface area contributed by atoms with Crippen molar-refractivity contribution in [1.82, 2.24) is 20.4 Å². The lowest BCUT2D eigenvalue weighted by atomic mass is 10.1. The Kier molecular flexibility index (Phi) is 13.3. The number of guanidine groups is 1. The highest BCUT2D eigenvalue weighted by molar-refractivity contribution is 14.0. The molecule has 0 atom stereocenters. The van der Waals surface area contributed by atoms with Gasteiger partial charge in [-0.2, -0.15) is 0 Å². The number of piperidine rings is 1. The number of likely N-dealkylation sites (N-methyl/N-ethyl adjacent to an activating group) is 1. The fraction of sp³-hybridized carbons (Fsp3) is 0.875. The van der Waals surface area contributed by atoms with Crippen LogP contribution in [0.25, 0.3) is 0 Å². The molecule has 0 aromatic rings. The molecule has 8 heteroatoms. The number of amides is 1. The Bertz CT molecular complexity index is 371. The summed E-state index contributed by atoms with van der Waals surface area (Å²) >= 11 is 0. The lowest BCUT2D eigenvalue weighted by molar-refractivity contribution is -0.127. The van der Waals surface area contributed by atoms with Crippen LogP contribution in [0.5, 0.6) is 0 Å². The Balaban J connectivity index is 0.00000529. The molecule has 1 rings (SSSR count). The molecule has 1 saturated heterocycles. The number of nitrogens with zero attached hydrogens (tertiary/aromatic N) is 3. The SMILES string of the molecule is CCNC(=NCC(=O)N(C)C)NC1CCN(CCCOC)CC1.I. The van der Waals surface area contributed by atoms with E-state index in [4.69, 9.17) is 4.74 Å². The lowest BCUT2D eigenvalue weighted by Crippen LogP contribution is -2.49. The zero-order chi connectivity index (χ0) is 17.1. The average Bonchev–Trinajstić information content (AvgIpc) is 2.54. The second-order valence-electron chi connectivity index (χ2n) is 6.09. The van der Waals surface area contributed by atoms with Crippen LogP contribution in [0, 0.1) is 0 Å². The largest absolute Gasteiger partial charge is 0.385 e. The molecule has 0 aromatic heterocycles. The number of hydrogen-bond donors (Lipinski definition) is 2. The van der Waals surface area contributed by atoms with Gasteiger partial charge in [-0.1, -0.05) is 0 Å². The summed E-state index contributed by atoms with van der Waals surface area (Å²) in [6.07, 6.45) is 3.28. The van der Waals surface area contributed by atoms with Gasteiger partial charge in [0.2, 0.25) is 5.91 Å². The summed E-state index contributed by atoms with van der Waals surface area (Å²) in [6, 6.07) is 0.418.